The Bertz CT molecular complexity index is 875. The summed E-state index contributed by atoms with van der Waals surface area (Å²) >= 11 is 0. The van der Waals surface area contributed by atoms with Crippen LogP contribution in [0.4, 0.5) is 0 Å². The number of carbonyl (C=O) groups is 2. The van der Waals surface area contributed by atoms with E-state index in [1.807, 2.05) is 30.3 Å². The molecular weight excluding hydrogens is 374 g/mol. The van der Waals surface area contributed by atoms with Gasteiger partial charge in [-0.05, 0) is 55.9 Å². The maximum absolute atomic E-state index is 13.0. The third-order valence-electron chi connectivity index (χ3n) is 6.43. The van der Waals surface area contributed by atoms with Gasteiger partial charge in [0.15, 0.2) is 0 Å². The highest BCUT2D eigenvalue weighted by molar-refractivity contribution is 5.98. The fourth-order valence-corrected chi connectivity index (χ4v) is 4.59. The van der Waals surface area contributed by atoms with Gasteiger partial charge in [0.05, 0.1) is 0 Å². The summed E-state index contributed by atoms with van der Waals surface area (Å²) in [7, 11) is 0. The van der Waals surface area contributed by atoms with Crippen LogP contribution in [0.3, 0.4) is 0 Å². The van der Waals surface area contributed by atoms with Crippen LogP contribution in [-0.2, 0) is 11.3 Å². The minimum Gasteiger partial charge on any atom is -0.351 e. The Kier molecular flexibility index (Phi) is 6.48. The van der Waals surface area contributed by atoms with Gasteiger partial charge in [0.25, 0.3) is 5.91 Å². The predicted molar refractivity (Wildman–Crippen MR) is 118 cm³/mol. The molecule has 2 aromatic carbocycles. The number of hydrogen-bond donors (Lipinski definition) is 1. The van der Waals surface area contributed by atoms with Crippen LogP contribution in [-0.4, -0.2) is 53.3 Å². The van der Waals surface area contributed by atoms with Crippen molar-refractivity contribution in [3.63, 3.8) is 0 Å². The molecule has 2 aromatic rings. The predicted octanol–water partition coefficient (Wildman–Crippen LogP) is 3.38. The summed E-state index contributed by atoms with van der Waals surface area (Å²) in [5, 5.41) is 3.23. The molecule has 0 aliphatic carbocycles. The number of likely N-dealkylation sites (tertiary alicyclic amines) is 2. The number of carbonyl (C=O) groups excluding carboxylic acids is 2. The van der Waals surface area contributed by atoms with E-state index >= 15 is 0 Å². The van der Waals surface area contributed by atoms with Crippen molar-refractivity contribution in [2.75, 3.05) is 19.6 Å². The number of amides is 2. The van der Waals surface area contributed by atoms with Gasteiger partial charge in [-0.1, -0.05) is 42.5 Å². The molecule has 4 rings (SSSR count). The molecule has 2 heterocycles. The minimum atomic E-state index is -0.345. The average Bonchev–Trinajstić information content (AvgIpc) is 3.27. The molecule has 5 nitrogen and oxygen atoms in total. The van der Waals surface area contributed by atoms with Crippen molar-refractivity contribution < 1.29 is 9.59 Å². The fourth-order valence-electron chi connectivity index (χ4n) is 4.59. The van der Waals surface area contributed by atoms with Gasteiger partial charge in [-0.15, -0.1) is 0 Å². The van der Waals surface area contributed by atoms with E-state index < -0.39 is 0 Å². The first-order valence-corrected chi connectivity index (χ1v) is 11.0. The van der Waals surface area contributed by atoms with E-state index in [0.29, 0.717) is 12.1 Å². The van der Waals surface area contributed by atoms with Crippen molar-refractivity contribution in [2.45, 2.75) is 51.2 Å². The topological polar surface area (TPSA) is 52.7 Å². The lowest BCUT2D eigenvalue weighted by Gasteiger charge is -2.34. The lowest BCUT2D eigenvalue weighted by atomic mass is 10.0. The van der Waals surface area contributed by atoms with E-state index in [0.717, 1.165) is 45.3 Å². The molecule has 1 N–H and O–H groups in total. The Balaban J connectivity index is 1.29. The molecule has 0 spiro atoms. The second-order valence-corrected chi connectivity index (χ2v) is 8.51. The van der Waals surface area contributed by atoms with E-state index in [4.69, 9.17) is 0 Å². The Morgan fingerprint density at radius 3 is 2.37 bits per heavy atom. The number of nitrogens with zero attached hydrogens (tertiary/aromatic N) is 2. The van der Waals surface area contributed by atoms with Crippen LogP contribution >= 0.6 is 0 Å². The Morgan fingerprint density at radius 2 is 1.63 bits per heavy atom. The number of piperidine rings is 1. The molecule has 2 saturated heterocycles. The van der Waals surface area contributed by atoms with E-state index in [-0.39, 0.29) is 23.9 Å². The first-order valence-electron chi connectivity index (χ1n) is 11.0. The summed E-state index contributed by atoms with van der Waals surface area (Å²) < 4.78 is 0. The highest BCUT2D eigenvalue weighted by atomic mass is 16.2. The van der Waals surface area contributed by atoms with Crippen molar-refractivity contribution in [1.29, 1.82) is 0 Å². The Labute approximate surface area is 179 Å². The molecule has 0 saturated carbocycles. The van der Waals surface area contributed by atoms with E-state index in [2.05, 4.69) is 41.4 Å². The number of hydrogen-bond acceptors (Lipinski definition) is 3. The first kappa shape index (κ1) is 20.6. The van der Waals surface area contributed by atoms with Crippen LogP contribution in [0.2, 0.25) is 0 Å². The monoisotopic (exact) mass is 405 g/mol. The smallest absolute Gasteiger partial charge is 0.254 e. The van der Waals surface area contributed by atoms with Gasteiger partial charge >= 0.3 is 0 Å². The standard InChI is InChI=1S/C25H31N3O2/c1-19-8-5-6-11-21(19)18-27-16-13-22(14-17-27)26-24(29)23-12-7-15-28(23)25(30)20-9-3-2-4-10-20/h2-6,8-11,22-23H,7,12-18H2,1H3,(H,26,29). The maximum atomic E-state index is 13.0. The third kappa shape index (κ3) is 4.73. The van der Waals surface area contributed by atoms with Gasteiger partial charge in [0, 0.05) is 37.8 Å². The zero-order valence-corrected chi connectivity index (χ0v) is 17.7. The van der Waals surface area contributed by atoms with Crippen molar-refractivity contribution in [1.82, 2.24) is 15.1 Å². The quantitative estimate of drug-likeness (QED) is 0.830. The summed E-state index contributed by atoms with van der Waals surface area (Å²) in [4.78, 5) is 30.0. The molecule has 2 amide bonds. The Morgan fingerprint density at radius 1 is 0.933 bits per heavy atom. The van der Waals surface area contributed by atoms with Crippen LogP contribution in [0.25, 0.3) is 0 Å². The maximum Gasteiger partial charge on any atom is 0.254 e. The molecule has 0 radical (unpaired) electrons. The highest BCUT2D eigenvalue weighted by Crippen LogP contribution is 2.22. The Hall–Kier alpha value is -2.66. The number of nitrogens with one attached hydrogen (secondary N) is 1. The minimum absolute atomic E-state index is 0.00846. The summed E-state index contributed by atoms with van der Waals surface area (Å²) in [6.45, 7) is 5.75. The number of rotatable bonds is 5. The van der Waals surface area contributed by atoms with Crippen LogP contribution in [0.15, 0.2) is 54.6 Å². The van der Waals surface area contributed by atoms with Crippen molar-refractivity contribution in [2.24, 2.45) is 0 Å². The second-order valence-electron chi connectivity index (χ2n) is 8.51. The summed E-state index contributed by atoms with van der Waals surface area (Å²) in [5.74, 6) is -0.0320. The van der Waals surface area contributed by atoms with Crippen molar-refractivity contribution in [3.05, 3.63) is 71.3 Å². The normalized spacial score (nSPS) is 20.3. The molecule has 2 aliphatic rings. The SMILES string of the molecule is Cc1ccccc1CN1CCC(NC(=O)C2CCCN2C(=O)c2ccccc2)CC1. The molecule has 5 heteroatoms. The second kappa shape index (κ2) is 9.43. The molecule has 0 bridgehead atoms. The van der Waals surface area contributed by atoms with Gasteiger partial charge in [0.2, 0.25) is 5.91 Å². The van der Waals surface area contributed by atoms with Crippen LogP contribution in [0, 0.1) is 6.92 Å². The van der Waals surface area contributed by atoms with Gasteiger partial charge in [0.1, 0.15) is 6.04 Å². The van der Waals surface area contributed by atoms with Crippen molar-refractivity contribution >= 4 is 11.8 Å². The molecule has 1 atom stereocenters. The zero-order valence-electron chi connectivity index (χ0n) is 17.7. The fraction of sp³-hybridized carbons (Fsp3) is 0.440. The number of benzene rings is 2. The molecule has 2 aliphatic heterocycles. The highest BCUT2D eigenvalue weighted by Gasteiger charge is 2.35. The lowest BCUT2D eigenvalue weighted by molar-refractivity contribution is -0.125. The average molecular weight is 406 g/mol. The molecule has 30 heavy (non-hydrogen) atoms. The molecule has 2 fully saturated rings. The first-order chi connectivity index (χ1) is 14.6. The van der Waals surface area contributed by atoms with Crippen LogP contribution in [0.1, 0.15) is 47.2 Å². The van der Waals surface area contributed by atoms with Crippen LogP contribution in [0.5, 0.6) is 0 Å². The summed E-state index contributed by atoms with van der Waals surface area (Å²) in [6, 6.07) is 17.6. The lowest BCUT2D eigenvalue weighted by Crippen LogP contribution is -2.51. The summed E-state index contributed by atoms with van der Waals surface area (Å²) in [6.07, 6.45) is 3.54. The zero-order chi connectivity index (χ0) is 20.9. The molecule has 0 aromatic heterocycles. The third-order valence-corrected chi connectivity index (χ3v) is 6.43. The molecule has 1 unspecified atom stereocenters. The molecular formula is C25H31N3O2. The van der Waals surface area contributed by atoms with Gasteiger partial charge < -0.3 is 10.2 Å². The van der Waals surface area contributed by atoms with E-state index in [1.165, 1.54) is 11.1 Å². The van der Waals surface area contributed by atoms with E-state index in [1.54, 1.807) is 4.90 Å². The summed E-state index contributed by atoms with van der Waals surface area (Å²) in [5.41, 5.74) is 3.36. The van der Waals surface area contributed by atoms with Crippen molar-refractivity contribution in [3.8, 4) is 0 Å². The van der Waals surface area contributed by atoms with Crippen LogP contribution < -0.4 is 5.32 Å². The van der Waals surface area contributed by atoms with Gasteiger partial charge in [-0.25, -0.2) is 0 Å². The van der Waals surface area contributed by atoms with E-state index in [9.17, 15) is 9.59 Å². The van der Waals surface area contributed by atoms with Gasteiger partial charge in [-0.2, -0.15) is 0 Å². The number of aryl methyl sites for hydroxylation is 1. The largest absolute Gasteiger partial charge is 0.351 e. The van der Waals surface area contributed by atoms with Gasteiger partial charge in [-0.3, -0.25) is 14.5 Å². The molecule has 158 valence electrons.